The van der Waals surface area contributed by atoms with E-state index in [1.807, 2.05) is 73.9 Å². The Morgan fingerprint density at radius 1 is 0.967 bits per heavy atom. The molecular formula is C23H20N4O3. The fourth-order valence-corrected chi connectivity index (χ4v) is 3.66. The molecule has 0 unspecified atom stereocenters. The number of hydrogen-bond donors (Lipinski definition) is 0. The summed E-state index contributed by atoms with van der Waals surface area (Å²) in [5.41, 5.74) is 5.30. The number of aromatic nitrogens is 1. The SMILES string of the molecule is CC1=NN(c2ccccc2)C(=O)/C1=C\c1cc(C)n(-c2cccc([N+](=O)[O-])c2)c1C. The fourth-order valence-electron chi connectivity index (χ4n) is 3.66. The number of anilines is 1. The molecule has 1 aliphatic rings. The molecular weight excluding hydrogens is 380 g/mol. The molecule has 0 fully saturated rings. The highest BCUT2D eigenvalue weighted by molar-refractivity contribution is 6.32. The van der Waals surface area contributed by atoms with Gasteiger partial charge in [0.25, 0.3) is 11.6 Å². The number of amides is 1. The van der Waals surface area contributed by atoms with Gasteiger partial charge in [-0.25, -0.2) is 0 Å². The third kappa shape index (κ3) is 3.30. The molecule has 0 atom stereocenters. The Balaban J connectivity index is 1.73. The molecule has 7 nitrogen and oxygen atoms in total. The minimum absolute atomic E-state index is 0.0346. The summed E-state index contributed by atoms with van der Waals surface area (Å²) in [4.78, 5) is 23.7. The predicted octanol–water partition coefficient (Wildman–Crippen LogP) is 4.81. The van der Waals surface area contributed by atoms with Crippen LogP contribution < -0.4 is 5.01 Å². The smallest absolute Gasteiger partial charge is 0.280 e. The van der Waals surface area contributed by atoms with Crippen LogP contribution in [-0.4, -0.2) is 21.1 Å². The van der Waals surface area contributed by atoms with Crippen molar-refractivity contribution in [3.05, 3.63) is 93.3 Å². The maximum atomic E-state index is 13.0. The molecule has 1 aromatic heterocycles. The molecule has 0 saturated carbocycles. The van der Waals surface area contributed by atoms with Crippen molar-refractivity contribution < 1.29 is 9.72 Å². The van der Waals surface area contributed by atoms with Crippen molar-refractivity contribution in [1.82, 2.24) is 4.57 Å². The number of benzene rings is 2. The highest BCUT2D eigenvalue weighted by atomic mass is 16.6. The number of nitro groups is 1. The van der Waals surface area contributed by atoms with E-state index in [-0.39, 0.29) is 11.6 Å². The largest absolute Gasteiger partial charge is 0.318 e. The van der Waals surface area contributed by atoms with Gasteiger partial charge in [-0.1, -0.05) is 24.3 Å². The quantitative estimate of drug-likeness (QED) is 0.358. The third-order valence-corrected chi connectivity index (χ3v) is 5.13. The molecule has 0 spiro atoms. The Morgan fingerprint density at radius 2 is 1.67 bits per heavy atom. The third-order valence-electron chi connectivity index (χ3n) is 5.13. The number of carbonyl (C=O) groups is 1. The average Bonchev–Trinajstić information content (AvgIpc) is 3.18. The molecule has 0 radical (unpaired) electrons. The summed E-state index contributed by atoms with van der Waals surface area (Å²) in [5.74, 6) is -0.182. The van der Waals surface area contributed by atoms with Crippen molar-refractivity contribution in [3.63, 3.8) is 0 Å². The molecule has 1 aliphatic heterocycles. The summed E-state index contributed by atoms with van der Waals surface area (Å²) in [6, 6.07) is 17.8. The molecule has 0 saturated heterocycles. The van der Waals surface area contributed by atoms with E-state index in [4.69, 9.17) is 0 Å². The molecule has 3 aromatic rings. The van der Waals surface area contributed by atoms with Crippen LogP contribution in [0.15, 0.2) is 71.3 Å². The van der Waals surface area contributed by atoms with Crippen LogP contribution in [0.25, 0.3) is 11.8 Å². The van der Waals surface area contributed by atoms with Gasteiger partial charge in [0.05, 0.1) is 27.6 Å². The zero-order valence-electron chi connectivity index (χ0n) is 16.9. The van der Waals surface area contributed by atoms with Gasteiger partial charge < -0.3 is 4.57 Å². The molecule has 2 aromatic carbocycles. The highest BCUT2D eigenvalue weighted by Crippen LogP contribution is 2.28. The van der Waals surface area contributed by atoms with Gasteiger partial charge in [0.1, 0.15) is 0 Å². The highest BCUT2D eigenvalue weighted by Gasteiger charge is 2.29. The zero-order chi connectivity index (χ0) is 21.4. The minimum atomic E-state index is -0.407. The molecule has 0 bridgehead atoms. The summed E-state index contributed by atoms with van der Waals surface area (Å²) in [6.07, 6.45) is 1.83. The fraction of sp³-hybridized carbons (Fsp3) is 0.130. The zero-order valence-corrected chi connectivity index (χ0v) is 16.9. The maximum Gasteiger partial charge on any atom is 0.280 e. The summed E-state index contributed by atoms with van der Waals surface area (Å²) in [6.45, 7) is 5.67. The van der Waals surface area contributed by atoms with Crippen LogP contribution in [0.4, 0.5) is 11.4 Å². The first-order chi connectivity index (χ1) is 14.4. The monoisotopic (exact) mass is 400 g/mol. The second-order valence-corrected chi connectivity index (χ2v) is 7.13. The van der Waals surface area contributed by atoms with Gasteiger partial charge >= 0.3 is 0 Å². The number of non-ortho nitro benzene ring substituents is 1. The first kappa shape index (κ1) is 19.3. The number of carbonyl (C=O) groups excluding carboxylic acids is 1. The first-order valence-corrected chi connectivity index (χ1v) is 9.47. The van der Waals surface area contributed by atoms with Crippen molar-refractivity contribution in [2.45, 2.75) is 20.8 Å². The number of nitrogens with zero attached hydrogens (tertiary/aromatic N) is 4. The Hall–Kier alpha value is -4.00. The first-order valence-electron chi connectivity index (χ1n) is 9.47. The van der Waals surface area contributed by atoms with Crippen LogP contribution in [0.1, 0.15) is 23.9 Å². The van der Waals surface area contributed by atoms with E-state index in [1.165, 1.54) is 11.1 Å². The Bertz CT molecular complexity index is 1220. The maximum absolute atomic E-state index is 13.0. The number of hydrazone groups is 1. The lowest BCUT2D eigenvalue weighted by atomic mass is 10.1. The van der Waals surface area contributed by atoms with Crippen LogP contribution in [0.3, 0.4) is 0 Å². The molecule has 150 valence electrons. The number of rotatable bonds is 4. The van der Waals surface area contributed by atoms with E-state index in [0.717, 1.165) is 17.0 Å². The summed E-state index contributed by atoms with van der Waals surface area (Å²) < 4.78 is 1.94. The number of aryl methyl sites for hydroxylation is 1. The van der Waals surface area contributed by atoms with Gasteiger partial charge in [0.2, 0.25) is 0 Å². The van der Waals surface area contributed by atoms with E-state index < -0.39 is 4.92 Å². The van der Waals surface area contributed by atoms with Gasteiger partial charge in [0, 0.05) is 23.5 Å². The average molecular weight is 400 g/mol. The number of nitro benzene ring substituents is 1. The van der Waals surface area contributed by atoms with Gasteiger partial charge in [-0.3, -0.25) is 14.9 Å². The Kier molecular flexibility index (Phi) is 4.79. The lowest BCUT2D eigenvalue weighted by molar-refractivity contribution is -0.384. The van der Waals surface area contributed by atoms with Gasteiger partial charge in [0.15, 0.2) is 0 Å². The molecule has 2 heterocycles. The standard InChI is InChI=1S/C23H20N4O3/c1-15-12-18(17(3)25(15)20-10-7-11-21(14-20)27(29)30)13-22-16(2)24-26(23(22)28)19-8-5-4-6-9-19/h4-14H,1-3H3/b22-13-. The summed E-state index contributed by atoms with van der Waals surface area (Å²) >= 11 is 0. The number of hydrogen-bond acceptors (Lipinski definition) is 4. The molecule has 30 heavy (non-hydrogen) atoms. The topological polar surface area (TPSA) is 80.7 Å². The Morgan fingerprint density at radius 3 is 2.37 bits per heavy atom. The van der Waals surface area contributed by atoms with Crippen LogP contribution in [0, 0.1) is 24.0 Å². The van der Waals surface area contributed by atoms with Crippen molar-refractivity contribution in [2.75, 3.05) is 5.01 Å². The predicted molar refractivity (Wildman–Crippen MR) is 117 cm³/mol. The summed E-state index contributed by atoms with van der Waals surface area (Å²) in [5, 5.41) is 17.0. The second kappa shape index (κ2) is 7.44. The van der Waals surface area contributed by atoms with E-state index >= 15 is 0 Å². The van der Waals surface area contributed by atoms with Crippen LogP contribution in [-0.2, 0) is 4.79 Å². The van der Waals surface area contributed by atoms with Gasteiger partial charge in [-0.05, 0) is 56.7 Å². The van der Waals surface area contributed by atoms with Crippen molar-refractivity contribution in [2.24, 2.45) is 5.10 Å². The lowest BCUT2D eigenvalue weighted by Gasteiger charge is -2.11. The normalized spacial score (nSPS) is 15.0. The molecule has 1 amide bonds. The van der Waals surface area contributed by atoms with Gasteiger partial charge in [-0.15, -0.1) is 0 Å². The summed E-state index contributed by atoms with van der Waals surface area (Å²) in [7, 11) is 0. The van der Waals surface area contributed by atoms with E-state index in [2.05, 4.69) is 5.10 Å². The molecule has 7 heteroatoms. The molecule has 0 aliphatic carbocycles. The second-order valence-electron chi connectivity index (χ2n) is 7.13. The number of para-hydroxylation sites is 1. The van der Waals surface area contributed by atoms with Gasteiger partial charge in [-0.2, -0.15) is 10.1 Å². The van der Waals surface area contributed by atoms with Crippen LogP contribution in [0.5, 0.6) is 0 Å². The molecule has 0 N–H and O–H groups in total. The lowest BCUT2D eigenvalue weighted by Crippen LogP contribution is -2.21. The van der Waals surface area contributed by atoms with E-state index in [9.17, 15) is 14.9 Å². The van der Waals surface area contributed by atoms with Crippen LogP contribution >= 0.6 is 0 Å². The Labute approximate surface area is 173 Å². The van der Waals surface area contributed by atoms with Crippen molar-refractivity contribution in [1.29, 1.82) is 0 Å². The van der Waals surface area contributed by atoms with E-state index in [1.54, 1.807) is 12.1 Å². The minimum Gasteiger partial charge on any atom is -0.318 e. The molecule has 4 rings (SSSR count). The van der Waals surface area contributed by atoms with Crippen LogP contribution in [0.2, 0.25) is 0 Å². The van der Waals surface area contributed by atoms with E-state index in [0.29, 0.717) is 22.7 Å². The van der Waals surface area contributed by atoms with Crippen molar-refractivity contribution in [3.8, 4) is 5.69 Å². The van der Waals surface area contributed by atoms with Crippen molar-refractivity contribution >= 4 is 29.1 Å².